The largest absolute Gasteiger partial charge is 0.361 e. The minimum absolute atomic E-state index is 0.210. The highest BCUT2D eigenvalue weighted by Gasteiger charge is 2.43. The number of hydrogen-bond acceptors (Lipinski definition) is 2. The van der Waals surface area contributed by atoms with Gasteiger partial charge in [-0.15, -0.1) is 0 Å². The first kappa shape index (κ1) is 15.0. The Bertz CT molecular complexity index is 924. The summed E-state index contributed by atoms with van der Waals surface area (Å²) in [6.45, 7) is 5.90. The van der Waals surface area contributed by atoms with Gasteiger partial charge in [0.15, 0.2) is 0 Å². The van der Waals surface area contributed by atoms with E-state index in [9.17, 15) is 0 Å². The van der Waals surface area contributed by atoms with Crippen molar-refractivity contribution in [3.63, 3.8) is 0 Å². The van der Waals surface area contributed by atoms with Crippen LogP contribution in [0.1, 0.15) is 43.9 Å². The molecule has 1 aromatic heterocycles. The fraction of sp³-hybridized carbons (Fsp3) is 0.364. The molecule has 1 saturated heterocycles. The smallest absolute Gasteiger partial charge is 0.0769 e. The number of aromatic nitrogens is 1. The minimum Gasteiger partial charge on any atom is -0.361 e. The number of hydrazine groups is 1. The van der Waals surface area contributed by atoms with E-state index in [0.717, 1.165) is 13.0 Å². The Morgan fingerprint density at radius 2 is 1.84 bits per heavy atom. The second-order valence-corrected chi connectivity index (χ2v) is 8.02. The normalized spacial score (nSPS) is 22.6. The second kappa shape index (κ2) is 5.37. The molecule has 1 N–H and O–H groups in total. The quantitative estimate of drug-likeness (QED) is 0.709. The van der Waals surface area contributed by atoms with E-state index in [4.69, 9.17) is 0 Å². The third kappa shape index (κ3) is 2.22. The van der Waals surface area contributed by atoms with Crippen LogP contribution in [0.4, 0.5) is 5.69 Å². The molecule has 3 heterocycles. The molecule has 128 valence electrons. The number of H-pyrrole nitrogens is 1. The maximum absolute atomic E-state index is 3.48. The molecule has 0 bridgehead atoms. The molecule has 2 aliphatic heterocycles. The van der Waals surface area contributed by atoms with Crippen LogP contribution in [0.3, 0.4) is 0 Å². The van der Waals surface area contributed by atoms with Crippen LogP contribution in [0.25, 0.3) is 10.9 Å². The molecule has 0 spiro atoms. The van der Waals surface area contributed by atoms with Gasteiger partial charge in [-0.1, -0.05) is 36.4 Å². The Kier molecular flexibility index (Phi) is 3.23. The predicted octanol–water partition coefficient (Wildman–Crippen LogP) is 5.06. The average Bonchev–Trinajstić information content (AvgIpc) is 3.28. The molecular formula is C22H25N3. The van der Waals surface area contributed by atoms with E-state index >= 15 is 0 Å². The van der Waals surface area contributed by atoms with E-state index in [1.54, 1.807) is 0 Å². The van der Waals surface area contributed by atoms with Crippen LogP contribution in [0.15, 0.2) is 54.7 Å². The molecule has 1 fully saturated rings. The molecule has 2 aliphatic rings. The molecule has 3 aromatic rings. The lowest BCUT2D eigenvalue weighted by molar-refractivity contribution is 0.143. The lowest BCUT2D eigenvalue weighted by Crippen LogP contribution is -2.51. The number of aromatic amines is 1. The van der Waals surface area contributed by atoms with Gasteiger partial charge in [-0.3, -0.25) is 5.01 Å². The first-order chi connectivity index (χ1) is 12.1. The zero-order valence-corrected chi connectivity index (χ0v) is 15.0. The van der Waals surface area contributed by atoms with Crippen LogP contribution in [-0.4, -0.2) is 22.1 Å². The van der Waals surface area contributed by atoms with Crippen molar-refractivity contribution < 1.29 is 0 Å². The summed E-state index contributed by atoms with van der Waals surface area (Å²) in [6.07, 6.45) is 5.82. The number of hydrogen-bond donors (Lipinski definition) is 1. The molecule has 0 saturated carbocycles. The van der Waals surface area contributed by atoms with Gasteiger partial charge in [0.1, 0.15) is 0 Å². The predicted molar refractivity (Wildman–Crippen MR) is 104 cm³/mol. The monoisotopic (exact) mass is 331 g/mol. The summed E-state index contributed by atoms with van der Waals surface area (Å²) in [5.41, 5.74) is 5.69. The third-order valence-electron chi connectivity index (χ3n) is 6.04. The molecule has 0 aliphatic carbocycles. The molecule has 3 nitrogen and oxygen atoms in total. The number of benzene rings is 2. The number of nitrogens with zero attached hydrogens (tertiary/aromatic N) is 2. The summed E-state index contributed by atoms with van der Waals surface area (Å²) in [7, 11) is 0. The second-order valence-electron chi connectivity index (χ2n) is 8.02. The summed E-state index contributed by atoms with van der Waals surface area (Å²) in [5, 5.41) is 6.56. The van der Waals surface area contributed by atoms with E-state index in [0.29, 0.717) is 6.04 Å². The topological polar surface area (TPSA) is 22.3 Å². The van der Waals surface area contributed by atoms with Gasteiger partial charge in [-0.25, -0.2) is 5.01 Å². The van der Waals surface area contributed by atoms with Gasteiger partial charge >= 0.3 is 0 Å². The summed E-state index contributed by atoms with van der Waals surface area (Å²) < 4.78 is 0. The molecule has 1 atom stereocenters. The molecule has 2 aromatic carbocycles. The van der Waals surface area contributed by atoms with Crippen molar-refractivity contribution in [3.05, 3.63) is 65.9 Å². The van der Waals surface area contributed by atoms with Crippen molar-refractivity contribution in [2.75, 3.05) is 11.6 Å². The van der Waals surface area contributed by atoms with E-state index in [2.05, 4.69) is 83.6 Å². The summed E-state index contributed by atoms with van der Waals surface area (Å²) in [5.74, 6) is 0. The highest BCUT2D eigenvalue weighted by Crippen LogP contribution is 2.46. The molecule has 3 heteroatoms. The van der Waals surface area contributed by atoms with Crippen molar-refractivity contribution in [2.24, 2.45) is 0 Å². The first-order valence-electron chi connectivity index (χ1n) is 9.36. The number of para-hydroxylation sites is 2. The molecule has 1 unspecified atom stereocenters. The summed E-state index contributed by atoms with van der Waals surface area (Å²) >= 11 is 0. The molecule has 25 heavy (non-hydrogen) atoms. The van der Waals surface area contributed by atoms with Crippen molar-refractivity contribution in [1.29, 1.82) is 0 Å². The van der Waals surface area contributed by atoms with E-state index < -0.39 is 0 Å². The van der Waals surface area contributed by atoms with Crippen LogP contribution in [0.5, 0.6) is 0 Å². The fourth-order valence-corrected chi connectivity index (χ4v) is 4.77. The Morgan fingerprint density at radius 3 is 2.68 bits per heavy atom. The Morgan fingerprint density at radius 1 is 1.04 bits per heavy atom. The number of fused-ring (bicyclic) bond motifs is 2. The molecule has 0 radical (unpaired) electrons. The highest BCUT2D eigenvalue weighted by atomic mass is 15.7. The van der Waals surface area contributed by atoms with Gasteiger partial charge in [0.2, 0.25) is 0 Å². The van der Waals surface area contributed by atoms with Gasteiger partial charge in [0, 0.05) is 41.2 Å². The SMILES string of the molecule is CC1(C)CCCN1N1c2ccccc2CC1c1c[nH]c2ccccc12. The zero-order chi connectivity index (χ0) is 17.0. The summed E-state index contributed by atoms with van der Waals surface area (Å²) in [4.78, 5) is 3.48. The lowest BCUT2D eigenvalue weighted by atomic mass is 10.0. The number of rotatable bonds is 2. The first-order valence-corrected chi connectivity index (χ1v) is 9.36. The van der Waals surface area contributed by atoms with Crippen LogP contribution >= 0.6 is 0 Å². The van der Waals surface area contributed by atoms with Gasteiger partial charge < -0.3 is 4.98 Å². The molecule has 0 amide bonds. The fourth-order valence-electron chi connectivity index (χ4n) is 4.77. The molecular weight excluding hydrogens is 306 g/mol. The molecule has 5 rings (SSSR count). The number of anilines is 1. The van der Waals surface area contributed by atoms with Crippen molar-refractivity contribution in [1.82, 2.24) is 9.99 Å². The van der Waals surface area contributed by atoms with Crippen molar-refractivity contribution in [3.8, 4) is 0 Å². The van der Waals surface area contributed by atoms with Gasteiger partial charge in [-0.05, 0) is 44.4 Å². The van der Waals surface area contributed by atoms with Crippen LogP contribution in [0.2, 0.25) is 0 Å². The average molecular weight is 331 g/mol. The standard InChI is InChI=1S/C22H25N3/c1-22(2)12-7-13-24(22)25-20-11-6-3-8-16(20)14-21(25)18-15-23-19-10-5-4-9-17(18)19/h3-6,8-11,15,21,23H,7,12-14H2,1-2H3. The maximum Gasteiger partial charge on any atom is 0.0769 e. The highest BCUT2D eigenvalue weighted by molar-refractivity contribution is 5.84. The minimum atomic E-state index is 0.210. The lowest BCUT2D eigenvalue weighted by Gasteiger charge is -2.43. The van der Waals surface area contributed by atoms with Gasteiger partial charge in [-0.2, -0.15) is 0 Å². The van der Waals surface area contributed by atoms with E-state index in [1.807, 2.05) is 0 Å². The van der Waals surface area contributed by atoms with Crippen LogP contribution < -0.4 is 5.01 Å². The summed E-state index contributed by atoms with van der Waals surface area (Å²) in [6, 6.07) is 18.0. The van der Waals surface area contributed by atoms with Crippen LogP contribution in [-0.2, 0) is 6.42 Å². The van der Waals surface area contributed by atoms with Gasteiger partial charge in [0.25, 0.3) is 0 Å². The van der Waals surface area contributed by atoms with Crippen molar-refractivity contribution >= 4 is 16.6 Å². The Balaban J connectivity index is 1.66. The Hall–Kier alpha value is -2.26. The van der Waals surface area contributed by atoms with Crippen molar-refractivity contribution in [2.45, 2.75) is 44.7 Å². The number of nitrogens with one attached hydrogen (secondary N) is 1. The Labute approximate surface area is 149 Å². The van der Waals surface area contributed by atoms with E-state index in [-0.39, 0.29) is 5.54 Å². The zero-order valence-electron chi connectivity index (χ0n) is 15.0. The third-order valence-corrected chi connectivity index (χ3v) is 6.04. The van der Waals surface area contributed by atoms with Crippen LogP contribution in [0, 0.1) is 0 Å². The maximum atomic E-state index is 3.48. The van der Waals surface area contributed by atoms with E-state index in [1.165, 1.54) is 40.6 Å². The van der Waals surface area contributed by atoms with Gasteiger partial charge in [0.05, 0.1) is 11.7 Å².